The van der Waals surface area contributed by atoms with Crippen molar-refractivity contribution in [2.45, 2.75) is 38.0 Å². The Morgan fingerprint density at radius 1 is 1.22 bits per heavy atom. The van der Waals surface area contributed by atoms with Gasteiger partial charge in [0.05, 0.1) is 32.0 Å². The molecule has 1 aliphatic rings. The van der Waals surface area contributed by atoms with E-state index in [1.807, 2.05) is 18.2 Å². The van der Waals surface area contributed by atoms with E-state index in [-0.39, 0.29) is 18.1 Å². The molecule has 10 nitrogen and oxygen atoms in total. The fraction of sp³-hybridized carbons (Fsp3) is 0.318. The molecule has 164 valence electrons. The third-order valence-corrected chi connectivity index (χ3v) is 5.89. The predicted octanol–water partition coefficient (Wildman–Crippen LogP) is 1.60. The van der Waals surface area contributed by atoms with Crippen LogP contribution >= 0.6 is 0 Å². The standard InChI is InChI=1S/C22H23N7O3/c1-32-17-7-2-6-15-18(24-21(23)25-19(15)17)16-12-29(27-26-16)11-14-5-3-10-28(20(14)30)13-22(31)8-4-9-22/h2-3,5-7,10,12,31H,4,8-9,11,13H2,1H3,(H2,23,24,25). The van der Waals surface area contributed by atoms with Crippen LogP contribution in [0.1, 0.15) is 24.8 Å². The van der Waals surface area contributed by atoms with Crippen molar-refractivity contribution in [2.75, 3.05) is 12.8 Å². The van der Waals surface area contributed by atoms with E-state index >= 15 is 0 Å². The van der Waals surface area contributed by atoms with Gasteiger partial charge in [0.1, 0.15) is 22.7 Å². The van der Waals surface area contributed by atoms with Gasteiger partial charge in [-0.2, -0.15) is 0 Å². The number of nitrogen functional groups attached to an aromatic ring is 1. The topological polar surface area (TPSA) is 134 Å². The molecular formula is C22H23N7O3. The molecule has 1 saturated carbocycles. The van der Waals surface area contributed by atoms with E-state index in [2.05, 4.69) is 20.3 Å². The normalized spacial score (nSPS) is 14.9. The van der Waals surface area contributed by atoms with Gasteiger partial charge >= 0.3 is 0 Å². The monoisotopic (exact) mass is 433 g/mol. The zero-order chi connectivity index (χ0) is 22.3. The third kappa shape index (κ3) is 3.58. The van der Waals surface area contributed by atoms with Crippen molar-refractivity contribution < 1.29 is 9.84 Å². The molecule has 0 unspecified atom stereocenters. The van der Waals surface area contributed by atoms with Gasteiger partial charge < -0.3 is 20.1 Å². The molecular weight excluding hydrogens is 410 g/mol. The Labute approximate surface area is 183 Å². The molecule has 0 spiro atoms. The molecule has 0 atom stereocenters. The van der Waals surface area contributed by atoms with Crippen LogP contribution in [0, 0.1) is 0 Å². The Morgan fingerprint density at radius 2 is 2.06 bits per heavy atom. The van der Waals surface area contributed by atoms with E-state index in [1.54, 1.807) is 40.9 Å². The van der Waals surface area contributed by atoms with E-state index in [4.69, 9.17) is 10.5 Å². The highest BCUT2D eigenvalue weighted by atomic mass is 16.5. The quantitative estimate of drug-likeness (QED) is 0.468. The van der Waals surface area contributed by atoms with Gasteiger partial charge in [-0.05, 0) is 31.4 Å². The average Bonchev–Trinajstić information content (AvgIpc) is 3.23. The number of pyridine rings is 1. The summed E-state index contributed by atoms with van der Waals surface area (Å²) in [5.74, 6) is 0.689. The maximum absolute atomic E-state index is 12.9. The smallest absolute Gasteiger partial charge is 0.255 e. The van der Waals surface area contributed by atoms with Gasteiger partial charge in [0.25, 0.3) is 5.56 Å². The summed E-state index contributed by atoms with van der Waals surface area (Å²) in [4.78, 5) is 21.5. The number of fused-ring (bicyclic) bond motifs is 1. The van der Waals surface area contributed by atoms with Gasteiger partial charge in [0.15, 0.2) is 0 Å². The molecule has 0 saturated heterocycles. The highest BCUT2D eigenvalue weighted by Gasteiger charge is 2.35. The van der Waals surface area contributed by atoms with Gasteiger partial charge in [-0.15, -0.1) is 5.10 Å². The molecule has 1 fully saturated rings. The van der Waals surface area contributed by atoms with Crippen LogP contribution in [-0.4, -0.2) is 47.3 Å². The summed E-state index contributed by atoms with van der Waals surface area (Å²) >= 11 is 0. The summed E-state index contributed by atoms with van der Waals surface area (Å²) in [6.45, 7) is 0.545. The number of hydrogen-bond donors (Lipinski definition) is 2. The van der Waals surface area contributed by atoms with Crippen LogP contribution in [0.15, 0.2) is 47.5 Å². The average molecular weight is 433 g/mol. The molecule has 1 aliphatic carbocycles. The summed E-state index contributed by atoms with van der Waals surface area (Å²) in [6, 6.07) is 9.08. The van der Waals surface area contributed by atoms with E-state index < -0.39 is 5.60 Å². The zero-order valence-electron chi connectivity index (χ0n) is 17.6. The van der Waals surface area contributed by atoms with E-state index in [0.717, 1.165) is 24.6 Å². The molecule has 3 N–H and O–H groups in total. The number of aliphatic hydroxyl groups is 1. The molecule has 0 aliphatic heterocycles. The zero-order valence-corrected chi connectivity index (χ0v) is 17.6. The Hall–Kier alpha value is -3.79. The maximum Gasteiger partial charge on any atom is 0.255 e. The molecule has 0 radical (unpaired) electrons. The summed E-state index contributed by atoms with van der Waals surface area (Å²) in [5, 5.41) is 19.6. The minimum atomic E-state index is -0.780. The van der Waals surface area contributed by atoms with Gasteiger partial charge in [-0.25, -0.2) is 14.6 Å². The molecule has 0 amide bonds. The predicted molar refractivity (Wildman–Crippen MR) is 118 cm³/mol. The maximum atomic E-state index is 12.9. The molecule has 5 rings (SSSR count). The second-order valence-corrected chi connectivity index (χ2v) is 8.13. The molecule has 32 heavy (non-hydrogen) atoms. The SMILES string of the molecule is COc1cccc2c(-c3cn(Cc4cccn(CC5(O)CCC5)c4=O)nn3)nc(N)nc12. The number of rotatable bonds is 6. The Kier molecular flexibility index (Phi) is 4.86. The lowest BCUT2D eigenvalue weighted by atomic mass is 9.80. The van der Waals surface area contributed by atoms with E-state index in [1.165, 1.54) is 0 Å². The van der Waals surface area contributed by atoms with Crippen molar-refractivity contribution in [1.29, 1.82) is 0 Å². The van der Waals surface area contributed by atoms with Crippen LogP contribution in [0.25, 0.3) is 22.3 Å². The molecule has 3 aromatic heterocycles. The fourth-order valence-corrected chi connectivity index (χ4v) is 4.05. The Balaban J connectivity index is 1.46. The number of nitrogens with zero attached hydrogens (tertiary/aromatic N) is 6. The van der Waals surface area contributed by atoms with Crippen LogP contribution in [-0.2, 0) is 13.1 Å². The van der Waals surface area contributed by atoms with Gasteiger partial charge in [0, 0.05) is 17.1 Å². The summed E-state index contributed by atoms with van der Waals surface area (Å²) in [6.07, 6.45) is 5.85. The highest BCUT2D eigenvalue weighted by Crippen LogP contribution is 2.33. The van der Waals surface area contributed by atoms with Crippen molar-refractivity contribution in [3.05, 3.63) is 58.6 Å². The van der Waals surface area contributed by atoms with Gasteiger partial charge in [-0.1, -0.05) is 23.4 Å². The highest BCUT2D eigenvalue weighted by molar-refractivity contribution is 5.95. The number of ether oxygens (including phenoxy) is 1. The first-order chi connectivity index (χ1) is 15.5. The lowest BCUT2D eigenvalue weighted by Gasteiger charge is -2.36. The number of para-hydroxylation sites is 1. The fourth-order valence-electron chi connectivity index (χ4n) is 4.05. The summed E-state index contributed by atoms with van der Waals surface area (Å²) < 4.78 is 8.54. The number of hydrogen-bond acceptors (Lipinski definition) is 8. The van der Waals surface area contributed by atoms with Crippen LogP contribution in [0.3, 0.4) is 0 Å². The van der Waals surface area contributed by atoms with E-state index in [0.29, 0.717) is 34.8 Å². The van der Waals surface area contributed by atoms with Crippen molar-refractivity contribution in [3.63, 3.8) is 0 Å². The largest absolute Gasteiger partial charge is 0.494 e. The Bertz CT molecular complexity index is 1360. The molecule has 4 aromatic rings. The number of methoxy groups -OCH3 is 1. The Morgan fingerprint density at radius 3 is 2.81 bits per heavy atom. The lowest BCUT2D eigenvalue weighted by Crippen LogP contribution is -2.44. The van der Waals surface area contributed by atoms with Crippen molar-refractivity contribution in [3.8, 4) is 17.1 Å². The van der Waals surface area contributed by atoms with Crippen LogP contribution in [0.2, 0.25) is 0 Å². The molecule has 3 heterocycles. The number of anilines is 1. The van der Waals surface area contributed by atoms with Crippen LogP contribution < -0.4 is 16.0 Å². The van der Waals surface area contributed by atoms with Gasteiger partial charge in [-0.3, -0.25) is 4.79 Å². The molecule has 0 bridgehead atoms. The first kappa shape index (κ1) is 20.1. The van der Waals surface area contributed by atoms with Crippen LogP contribution in [0.5, 0.6) is 5.75 Å². The molecule has 10 heteroatoms. The van der Waals surface area contributed by atoms with Gasteiger partial charge in [0.2, 0.25) is 5.95 Å². The minimum absolute atomic E-state index is 0.103. The summed E-state index contributed by atoms with van der Waals surface area (Å²) in [7, 11) is 1.57. The van der Waals surface area contributed by atoms with Crippen molar-refractivity contribution in [1.82, 2.24) is 29.5 Å². The molecule has 1 aromatic carbocycles. The van der Waals surface area contributed by atoms with Crippen LogP contribution in [0.4, 0.5) is 5.95 Å². The second kappa shape index (κ2) is 7.72. The number of aromatic nitrogens is 6. The first-order valence-electron chi connectivity index (χ1n) is 10.4. The second-order valence-electron chi connectivity index (χ2n) is 8.13. The third-order valence-electron chi connectivity index (χ3n) is 5.89. The number of nitrogens with two attached hydrogens (primary N) is 1. The van der Waals surface area contributed by atoms with E-state index in [9.17, 15) is 9.90 Å². The van der Waals surface area contributed by atoms with Crippen molar-refractivity contribution in [2.24, 2.45) is 0 Å². The van der Waals surface area contributed by atoms with Crippen molar-refractivity contribution >= 4 is 16.9 Å². The minimum Gasteiger partial charge on any atom is -0.494 e. The first-order valence-corrected chi connectivity index (χ1v) is 10.4. The summed E-state index contributed by atoms with van der Waals surface area (Å²) in [5.41, 5.74) is 7.19. The number of benzene rings is 1. The lowest BCUT2D eigenvalue weighted by molar-refractivity contribution is -0.0480.